The second-order valence-corrected chi connectivity index (χ2v) is 3.44. The van der Waals surface area contributed by atoms with Gasteiger partial charge in [-0.25, -0.2) is 0 Å². The van der Waals surface area contributed by atoms with Gasteiger partial charge in [0, 0.05) is 12.7 Å². The van der Waals surface area contributed by atoms with Crippen molar-refractivity contribution in [3.05, 3.63) is 29.8 Å². The van der Waals surface area contributed by atoms with Crippen molar-refractivity contribution >= 4 is 0 Å². The first-order chi connectivity index (χ1) is 8.86. The van der Waals surface area contributed by atoms with Crippen LogP contribution in [0.15, 0.2) is 24.3 Å². The molecule has 0 atom stereocenters. The first-order valence-electron chi connectivity index (χ1n) is 5.76. The summed E-state index contributed by atoms with van der Waals surface area (Å²) in [6.45, 7) is 2.03. The maximum atomic E-state index is 8.61. The largest absolute Gasteiger partial charge is 0.491 e. The summed E-state index contributed by atoms with van der Waals surface area (Å²) in [5.74, 6) is 6.16. The number of aliphatic hydroxyl groups is 1. The Morgan fingerprint density at radius 1 is 1.17 bits per heavy atom. The van der Waals surface area contributed by atoms with Crippen molar-refractivity contribution in [1.82, 2.24) is 0 Å². The summed E-state index contributed by atoms with van der Waals surface area (Å²) in [4.78, 5) is 0. The summed E-state index contributed by atoms with van der Waals surface area (Å²) in [6, 6.07) is 7.42. The second kappa shape index (κ2) is 9.49. The Morgan fingerprint density at radius 2 is 2.00 bits per heavy atom. The van der Waals surface area contributed by atoms with Gasteiger partial charge in [-0.1, -0.05) is 17.9 Å². The minimum Gasteiger partial charge on any atom is -0.491 e. The quantitative estimate of drug-likeness (QED) is 0.581. The molecule has 0 bridgehead atoms. The molecule has 0 heterocycles. The van der Waals surface area contributed by atoms with Crippen LogP contribution < -0.4 is 4.74 Å². The molecule has 0 unspecified atom stereocenters. The van der Waals surface area contributed by atoms with Gasteiger partial charge < -0.3 is 19.3 Å². The molecule has 1 rings (SSSR count). The minimum atomic E-state index is -0.140. The van der Waals surface area contributed by atoms with Gasteiger partial charge in [0.15, 0.2) is 0 Å². The molecule has 98 valence electrons. The van der Waals surface area contributed by atoms with Crippen LogP contribution in [0.25, 0.3) is 0 Å². The minimum absolute atomic E-state index is 0.140. The summed E-state index contributed by atoms with van der Waals surface area (Å²) >= 11 is 0. The van der Waals surface area contributed by atoms with E-state index in [2.05, 4.69) is 11.8 Å². The zero-order valence-corrected chi connectivity index (χ0v) is 10.5. The molecule has 4 heteroatoms. The van der Waals surface area contributed by atoms with E-state index in [0.29, 0.717) is 26.4 Å². The van der Waals surface area contributed by atoms with Gasteiger partial charge >= 0.3 is 0 Å². The zero-order chi connectivity index (χ0) is 13.1. The normalized spacial score (nSPS) is 9.67. The van der Waals surface area contributed by atoms with Gasteiger partial charge in [0.05, 0.1) is 19.8 Å². The fourth-order valence-corrected chi connectivity index (χ4v) is 1.27. The molecule has 1 N–H and O–H groups in total. The lowest BCUT2D eigenvalue weighted by Crippen LogP contribution is -2.09. The summed E-state index contributed by atoms with van der Waals surface area (Å²) in [6.07, 6.45) is 0. The van der Waals surface area contributed by atoms with Crippen molar-refractivity contribution < 1.29 is 19.3 Å². The molecule has 0 amide bonds. The Morgan fingerprint density at radius 3 is 2.78 bits per heavy atom. The number of hydrogen-bond donors (Lipinski definition) is 1. The van der Waals surface area contributed by atoms with E-state index in [1.165, 1.54) is 0 Å². The van der Waals surface area contributed by atoms with E-state index in [1.807, 2.05) is 24.3 Å². The summed E-state index contributed by atoms with van der Waals surface area (Å²) < 4.78 is 15.6. The molecule has 4 nitrogen and oxygen atoms in total. The number of rotatable bonds is 7. The topological polar surface area (TPSA) is 47.9 Å². The van der Waals surface area contributed by atoms with Crippen LogP contribution in [0.4, 0.5) is 0 Å². The number of aliphatic hydroxyl groups excluding tert-OH is 1. The average Bonchev–Trinajstić information content (AvgIpc) is 2.41. The van der Waals surface area contributed by atoms with Crippen LogP contribution in [-0.2, 0) is 9.47 Å². The Labute approximate surface area is 107 Å². The molecule has 1 aromatic carbocycles. The Balaban J connectivity index is 2.29. The number of methoxy groups -OCH3 is 1. The zero-order valence-electron chi connectivity index (χ0n) is 10.5. The predicted molar refractivity (Wildman–Crippen MR) is 68.6 cm³/mol. The first-order valence-corrected chi connectivity index (χ1v) is 5.76. The third-order valence-electron chi connectivity index (χ3n) is 2.07. The maximum absolute atomic E-state index is 8.61. The molecule has 1 aromatic rings. The highest BCUT2D eigenvalue weighted by Crippen LogP contribution is 2.12. The molecule has 0 saturated heterocycles. The van der Waals surface area contributed by atoms with Crippen molar-refractivity contribution in [2.75, 3.05) is 40.1 Å². The molecule has 0 aliphatic carbocycles. The van der Waals surface area contributed by atoms with Crippen LogP contribution in [-0.4, -0.2) is 45.3 Å². The lowest BCUT2D eigenvalue weighted by atomic mass is 10.2. The molecule has 0 radical (unpaired) electrons. The maximum Gasteiger partial charge on any atom is 0.120 e. The summed E-state index contributed by atoms with van der Waals surface area (Å²) in [7, 11) is 1.64. The molecule has 0 fully saturated rings. The van der Waals surface area contributed by atoms with Gasteiger partial charge in [0.1, 0.15) is 19.0 Å². The van der Waals surface area contributed by atoms with Gasteiger partial charge in [0.25, 0.3) is 0 Å². The Kier molecular flexibility index (Phi) is 7.65. The Hall–Kier alpha value is -1.54. The van der Waals surface area contributed by atoms with Gasteiger partial charge in [-0.2, -0.15) is 0 Å². The van der Waals surface area contributed by atoms with Gasteiger partial charge in [-0.05, 0) is 18.2 Å². The van der Waals surface area contributed by atoms with Crippen LogP contribution >= 0.6 is 0 Å². The molecule has 0 spiro atoms. The smallest absolute Gasteiger partial charge is 0.120 e. The van der Waals surface area contributed by atoms with E-state index in [0.717, 1.165) is 11.3 Å². The highest BCUT2D eigenvalue weighted by Gasteiger charge is 1.95. The third-order valence-corrected chi connectivity index (χ3v) is 2.07. The van der Waals surface area contributed by atoms with Crippen LogP contribution in [0, 0.1) is 11.8 Å². The van der Waals surface area contributed by atoms with Crippen LogP contribution in [0.5, 0.6) is 5.75 Å². The fourth-order valence-electron chi connectivity index (χ4n) is 1.27. The standard InChI is InChI=1S/C14H18O4/c1-16-8-9-17-10-11-18-14-6-2-4-13(12-14)5-3-7-15/h2,4,6,12,15H,7-11H2,1H3. The van der Waals surface area contributed by atoms with Gasteiger partial charge in [0.2, 0.25) is 0 Å². The second-order valence-electron chi connectivity index (χ2n) is 3.44. The highest BCUT2D eigenvalue weighted by molar-refractivity contribution is 5.39. The van der Waals surface area contributed by atoms with E-state index in [-0.39, 0.29) is 6.61 Å². The van der Waals surface area contributed by atoms with Crippen molar-refractivity contribution in [2.45, 2.75) is 0 Å². The van der Waals surface area contributed by atoms with Crippen LogP contribution in [0.3, 0.4) is 0 Å². The first kappa shape index (κ1) is 14.5. The molecule has 0 aliphatic rings. The molecular formula is C14H18O4. The van der Waals surface area contributed by atoms with E-state index in [9.17, 15) is 0 Å². The fraction of sp³-hybridized carbons (Fsp3) is 0.429. The molecular weight excluding hydrogens is 232 g/mol. The van der Waals surface area contributed by atoms with Crippen molar-refractivity contribution in [2.24, 2.45) is 0 Å². The third kappa shape index (κ3) is 6.26. The lowest BCUT2D eigenvalue weighted by molar-refractivity contribution is 0.0544. The predicted octanol–water partition coefficient (Wildman–Crippen LogP) is 1.07. The van der Waals surface area contributed by atoms with Crippen LogP contribution in [0.1, 0.15) is 5.56 Å². The molecule has 18 heavy (non-hydrogen) atoms. The summed E-state index contributed by atoms with van der Waals surface area (Å²) in [5, 5.41) is 8.61. The van der Waals surface area contributed by atoms with E-state index in [4.69, 9.17) is 19.3 Å². The van der Waals surface area contributed by atoms with Crippen molar-refractivity contribution in [3.8, 4) is 17.6 Å². The lowest BCUT2D eigenvalue weighted by Gasteiger charge is -2.07. The average molecular weight is 250 g/mol. The van der Waals surface area contributed by atoms with Gasteiger partial charge in [-0.3, -0.25) is 0 Å². The SMILES string of the molecule is COCCOCCOc1cccc(C#CCO)c1. The molecule has 0 saturated carbocycles. The summed E-state index contributed by atoms with van der Waals surface area (Å²) in [5.41, 5.74) is 0.821. The molecule has 0 aliphatic heterocycles. The van der Waals surface area contributed by atoms with E-state index < -0.39 is 0 Å². The molecule has 0 aromatic heterocycles. The van der Waals surface area contributed by atoms with E-state index in [1.54, 1.807) is 7.11 Å². The van der Waals surface area contributed by atoms with E-state index >= 15 is 0 Å². The van der Waals surface area contributed by atoms with Crippen LogP contribution in [0.2, 0.25) is 0 Å². The van der Waals surface area contributed by atoms with Crippen molar-refractivity contribution in [1.29, 1.82) is 0 Å². The number of hydrogen-bond acceptors (Lipinski definition) is 4. The highest BCUT2D eigenvalue weighted by atomic mass is 16.5. The number of benzene rings is 1. The monoisotopic (exact) mass is 250 g/mol. The number of ether oxygens (including phenoxy) is 3. The van der Waals surface area contributed by atoms with Gasteiger partial charge in [-0.15, -0.1) is 0 Å². The Bertz CT molecular complexity index is 392. The van der Waals surface area contributed by atoms with Crippen molar-refractivity contribution in [3.63, 3.8) is 0 Å².